The number of nitrogens with two attached hydrogens (primary N) is 1. The molecule has 1 fully saturated rings. The molecule has 1 aromatic heterocycles. The summed E-state index contributed by atoms with van der Waals surface area (Å²) in [5.74, 6) is -1.26. The fourth-order valence-corrected chi connectivity index (χ4v) is 5.11. The van der Waals surface area contributed by atoms with Gasteiger partial charge in [-0.2, -0.15) is 4.31 Å². The first-order valence-electron chi connectivity index (χ1n) is 9.84. The topological polar surface area (TPSA) is 115 Å². The lowest BCUT2D eigenvalue weighted by Gasteiger charge is -2.26. The number of esters is 1. The predicted octanol–water partition coefficient (Wildman–Crippen LogP) is 2.88. The number of nitrogen functional groups attached to an aromatic ring is 1. The first kappa shape index (κ1) is 21.1. The van der Waals surface area contributed by atoms with E-state index in [2.05, 4.69) is 9.97 Å². The summed E-state index contributed by atoms with van der Waals surface area (Å²) in [6.45, 7) is 0.397. The van der Waals surface area contributed by atoms with E-state index in [0.717, 1.165) is 31.4 Å². The van der Waals surface area contributed by atoms with E-state index in [1.165, 1.54) is 10.4 Å². The molecular formula is C21H21FN4O4S. The summed E-state index contributed by atoms with van der Waals surface area (Å²) in [5.41, 5.74) is 6.46. The van der Waals surface area contributed by atoms with Gasteiger partial charge >= 0.3 is 5.97 Å². The van der Waals surface area contributed by atoms with E-state index in [9.17, 15) is 17.6 Å². The number of hydrogen-bond acceptors (Lipinski definition) is 7. The number of nitrogens with zero attached hydrogens (tertiary/aromatic N) is 3. The lowest BCUT2D eigenvalue weighted by atomic mass is 10.2. The van der Waals surface area contributed by atoms with Crippen LogP contribution in [0.1, 0.15) is 35.4 Å². The van der Waals surface area contributed by atoms with E-state index in [0.29, 0.717) is 24.0 Å². The zero-order valence-electron chi connectivity index (χ0n) is 16.6. The molecular weight excluding hydrogens is 423 g/mol. The molecule has 0 amide bonds. The number of aromatic nitrogens is 2. The molecule has 1 aliphatic rings. The minimum absolute atomic E-state index is 0.0780. The van der Waals surface area contributed by atoms with Gasteiger partial charge in [-0.05, 0) is 43.2 Å². The van der Waals surface area contributed by atoms with Crippen molar-refractivity contribution < 1.29 is 22.3 Å². The molecule has 1 aliphatic heterocycles. The van der Waals surface area contributed by atoms with Crippen molar-refractivity contribution in [1.29, 1.82) is 0 Å². The molecule has 0 atom stereocenters. The average molecular weight is 444 g/mol. The first-order chi connectivity index (χ1) is 14.9. The smallest absolute Gasteiger partial charge is 0.338 e. The summed E-state index contributed by atoms with van der Waals surface area (Å²) >= 11 is 0. The molecule has 31 heavy (non-hydrogen) atoms. The van der Waals surface area contributed by atoms with E-state index < -0.39 is 26.7 Å². The van der Waals surface area contributed by atoms with Crippen molar-refractivity contribution in [2.24, 2.45) is 0 Å². The Bertz CT molecular complexity index is 1240. The van der Waals surface area contributed by atoms with Crippen LogP contribution in [0.5, 0.6) is 0 Å². The molecule has 162 valence electrons. The average Bonchev–Trinajstić information content (AvgIpc) is 2.78. The van der Waals surface area contributed by atoms with Crippen molar-refractivity contribution in [3.8, 4) is 0 Å². The monoisotopic (exact) mass is 444 g/mol. The third kappa shape index (κ3) is 4.35. The fourth-order valence-electron chi connectivity index (χ4n) is 3.50. The van der Waals surface area contributed by atoms with Gasteiger partial charge in [0, 0.05) is 18.5 Å². The molecule has 8 nitrogen and oxygen atoms in total. The van der Waals surface area contributed by atoms with E-state index in [1.54, 1.807) is 18.2 Å². The molecule has 10 heteroatoms. The largest absolute Gasteiger partial charge is 0.454 e. The molecule has 2 aromatic carbocycles. The fraction of sp³-hybridized carbons (Fsp3) is 0.286. The Balaban J connectivity index is 1.53. The molecule has 0 aliphatic carbocycles. The number of carbonyl (C=O) groups excluding carboxylic acids is 1. The Kier molecular flexibility index (Phi) is 5.84. The minimum Gasteiger partial charge on any atom is -0.454 e. The van der Waals surface area contributed by atoms with Crippen molar-refractivity contribution in [3.63, 3.8) is 0 Å². The minimum atomic E-state index is -4.04. The SMILES string of the molecule is Nc1nc(COC(=O)c2ccc(F)c(S(=O)(=O)N3CCCCC3)c2)nc2ccccc12. The van der Waals surface area contributed by atoms with Gasteiger partial charge in [-0.15, -0.1) is 0 Å². The summed E-state index contributed by atoms with van der Waals surface area (Å²) in [4.78, 5) is 20.4. The Hall–Kier alpha value is -3.11. The zero-order chi connectivity index (χ0) is 22.0. The van der Waals surface area contributed by atoms with Crippen LogP contribution < -0.4 is 5.73 Å². The molecule has 3 aromatic rings. The van der Waals surface area contributed by atoms with Gasteiger partial charge < -0.3 is 10.5 Å². The Morgan fingerprint density at radius 2 is 1.84 bits per heavy atom. The summed E-state index contributed by atoms with van der Waals surface area (Å²) in [6, 6.07) is 10.3. The van der Waals surface area contributed by atoms with Crippen LogP contribution in [0, 0.1) is 5.82 Å². The molecule has 1 saturated heterocycles. The Morgan fingerprint density at radius 1 is 1.10 bits per heavy atom. The van der Waals surface area contributed by atoms with Crippen LogP contribution in [0.4, 0.5) is 10.2 Å². The van der Waals surface area contributed by atoms with E-state index >= 15 is 0 Å². The number of benzene rings is 2. The number of carbonyl (C=O) groups is 1. The van der Waals surface area contributed by atoms with Crippen LogP contribution in [0.25, 0.3) is 10.9 Å². The Morgan fingerprint density at radius 3 is 2.61 bits per heavy atom. The summed E-state index contributed by atoms with van der Waals surface area (Å²) in [5, 5.41) is 0.684. The molecule has 0 bridgehead atoms. The van der Waals surface area contributed by atoms with Gasteiger partial charge in [0.15, 0.2) is 12.4 Å². The molecule has 0 unspecified atom stereocenters. The maximum Gasteiger partial charge on any atom is 0.338 e. The van der Waals surface area contributed by atoms with Gasteiger partial charge in [0.1, 0.15) is 16.5 Å². The van der Waals surface area contributed by atoms with Gasteiger partial charge in [-0.25, -0.2) is 27.6 Å². The highest BCUT2D eigenvalue weighted by molar-refractivity contribution is 7.89. The second-order valence-electron chi connectivity index (χ2n) is 7.23. The number of ether oxygens (including phenoxy) is 1. The highest BCUT2D eigenvalue weighted by Crippen LogP contribution is 2.24. The van der Waals surface area contributed by atoms with Gasteiger partial charge in [-0.1, -0.05) is 18.6 Å². The van der Waals surface area contributed by atoms with Crippen molar-refractivity contribution >= 4 is 32.7 Å². The highest BCUT2D eigenvalue weighted by Gasteiger charge is 2.29. The maximum absolute atomic E-state index is 14.3. The van der Waals surface area contributed by atoms with Crippen molar-refractivity contribution in [3.05, 3.63) is 59.7 Å². The van der Waals surface area contributed by atoms with Crippen LogP contribution in [0.3, 0.4) is 0 Å². The zero-order valence-corrected chi connectivity index (χ0v) is 17.4. The number of hydrogen-bond donors (Lipinski definition) is 1. The molecule has 2 heterocycles. The van der Waals surface area contributed by atoms with Crippen molar-refractivity contribution in [2.45, 2.75) is 30.8 Å². The number of para-hydroxylation sites is 1. The highest BCUT2D eigenvalue weighted by atomic mass is 32.2. The molecule has 0 spiro atoms. The third-order valence-electron chi connectivity index (χ3n) is 5.11. The predicted molar refractivity (Wildman–Crippen MR) is 112 cm³/mol. The lowest BCUT2D eigenvalue weighted by Crippen LogP contribution is -2.36. The number of rotatable bonds is 5. The van der Waals surface area contributed by atoms with Crippen LogP contribution in [0.15, 0.2) is 47.4 Å². The van der Waals surface area contributed by atoms with Crippen molar-refractivity contribution in [1.82, 2.24) is 14.3 Å². The van der Waals surface area contributed by atoms with Gasteiger partial charge in [0.25, 0.3) is 0 Å². The van der Waals surface area contributed by atoms with Gasteiger partial charge in [-0.3, -0.25) is 0 Å². The molecule has 0 saturated carbocycles. The first-order valence-corrected chi connectivity index (χ1v) is 11.3. The second-order valence-corrected chi connectivity index (χ2v) is 9.13. The van der Waals surface area contributed by atoms with Crippen LogP contribution in [-0.2, 0) is 21.4 Å². The number of fused-ring (bicyclic) bond motifs is 1. The van der Waals surface area contributed by atoms with E-state index in [1.807, 2.05) is 6.07 Å². The number of anilines is 1. The molecule has 2 N–H and O–H groups in total. The molecule has 4 rings (SSSR count). The summed E-state index contributed by atoms with van der Waals surface area (Å²) in [7, 11) is -4.04. The molecule has 0 radical (unpaired) electrons. The van der Waals surface area contributed by atoms with E-state index in [-0.39, 0.29) is 23.8 Å². The quantitative estimate of drug-likeness (QED) is 0.602. The third-order valence-corrected chi connectivity index (χ3v) is 7.02. The maximum atomic E-state index is 14.3. The van der Waals surface area contributed by atoms with E-state index in [4.69, 9.17) is 10.5 Å². The summed E-state index contributed by atoms with van der Waals surface area (Å²) in [6.07, 6.45) is 2.37. The second kappa shape index (κ2) is 8.56. The summed E-state index contributed by atoms with van der Waals surface area (Å²) < 4.78 is 46.5. The normalized spacial score (nSPS) is 15.1. The number of piperidine rings is 1. The van der Waals surface area contributed by atoms with Gasteiger partial charge in [0.05, 0.1) is 11.1 Å². The van der Waals surface area contributed by atoms with Crippen molar-refractivity contribution in [2.75, 3.05) is 18.8 Å². The lowest BCUT2D eigenvalue weighted by molar-refractivity contribution is 0.0462. The number of halogens is 1. The van der Waals surface area contributed by atoms with Crippen LogP contribution >= 0.6 is 0 Å². The van der Waals surface area contributed by atoms with Crippen LogP contribution in [-0.4, -0.2) is 41.7 Å². The van der Waals surface area contributed by atoms with Crippen LogP contribution in [0.2, 0.25) is 0 Å². The standard InChI is InChI=1S/C21H21FN4O4S/c22-16-9-8-14(12-18(16)31(28,29)26-10-4-1-5-11-26)21(27)30-13-19-24-17-7-3-2-6-15(17)20(23)25-19/h2-3,6-9,12H,1,4-5,10-11,13H2,(H2,23,24,25). The van der Waals surface area contributed by atoms with Gasteiger partial charge in [0.2, 0.25) is 10.0 Å². The number of sulfonamides is 1. The Labute approximate surface area is 178 Å².